The Balaban J connectivity index is 2.23. The number of rotatable bonds is 23. The van der Waals surface area contributed by atoms with E-state index in [4.69, 9.17) is 15.9 Å². The van der Waals surface area contributed by atoms with E-state index in [1.165, 1.54) is 7.11 Å². The molecule has 0 spiro atoms. The molecule has 1 N–H and O–H groups in total. The van der Waals surface area contributed by atoms with Crippen molar-refractivity contribution in [1.29, 1.82) is 0 Å². The maximum atomic E-state index is 14.3. The third kappa shape index (κ3) is 13.0. The predicted molar refractivity (Wildman–Crippen MR) is 221 cm³/mol. The Morgan fingerprint density at radius 2 is 1.54 bits per heavy atom. The molecule has 1 saturated heterocycles. The fourth-order valence-corrected chi connectivity index (χ4v) is 8.44. The lowest BCUT2D eigenvalue weighted by atomic mass is 9.83. The van der Waals surface area contributed by atoms with Crippen molar-refractivity contribution in [3.63, 3.8) is 0 Å². The van der Waals surface area contributed by atoms with Gasteiger partial charge in [0.1, 0.15) is 11.7 Å². The lowest BCUT2D eigenvalue weighted by Crippen LogP contribution is -2.54. The number of nitrogens with one attached hydrogen (secondary N) is 1. The number of likely N-dealkylation sites (tertiary alicyclic amines) is 1. The van der Waals surface area contributed by atoms with Crippen molar-refractivity contribution in [2.45, 2.75) is 131 Å². The van der Waals surface area contributed by atoms with Crippen LogP contribution in [0.3, 0.4) is 0 Å². The number of methoxy groups -OCH3 is 2. The van der Waals surface area contributed by atoms with E-state index in [1.54, 1.807) is 30.9 Å². The van der Waals surface area contributed by atoms with Crippen LogP contribution in [0.5, 0.6) is 0 Å². The highest BCUT2D eigenvalue weighted by Crippen LogP contribution is 2.31. The summed E-state index contributed by atoms with van der Waals surface area (Å²) in [5.74, 6) is -0.406. The molecule has 1 heterocycles. The molecule has 11 heteroatoms. The van der Waals surface area contributed by atoms with E-state index in [1.807, 2.05) is 77.9 Å². The Hall–Kier alpha value is -3.59. The Bertz CT molecular complexity index is 1480. The van der Waals surface area contributed by atoms with E-state index in [0.717, 1.165) is 24.0 Å². The number of hydrogen-bond acceptors (Lipinski definition) is 8. The number of terminal acetylenes is 1. The van der Waals surface area contributed by atoms with E-state index in [2.05, 4.69) is 25.1 Å². The molecule has 1 aliphatic heterocycles. The van der Waals surface area contributed by atoms with Gasteiger partial charge in [-0.3, -0.25) is 28.9 Å². The largest absolute Gasteiger partial charge is 0.379 e. The van der Waals surface area contributed by atoms with Crippen LogP contribution in [0.25, 0.3) is 0 Å². The molecule has 0 bridgehead atoms. The molecule has 2 rings (SSSR count). The van der Waals surface area contributed by atoms with Gasteiger partial charge in [-0.15, -0.1) is 6.42 Å². The summed E-state index contributed by atoms with van der Waals surface area (Å²) in [6.07, 6.45) is 6.68. The lowest BCUT2D eigenvalue weighted by Gasteiger charge is -2.41. The molecule has 0 saturated carbocycles. The molecule has 0 unspecified atom stereocenters. The van der Waals surface area contributed by atoms with Crippen molar-refractivity contribution in [3.05, 3.63) is 35.4 Å². The van der Waals surface area contributed by atoms with Gasteiger partial charge in [-0.05, 0) is 57.2 Å². The molecular formula is C45H72N4O7. The number of Topliss-reactive ketones (excluding diaryl/α,β-unsaturated/α-hetero) is 2. The third-order valence-corrected chi connectivity index (χ3v) is 11.9. The van der Waals surface area contributed by atoms with Crippen LogP contribution >= 0.6 is 0 Å². The van der Waals surface area contributed by atoms with Gasteiger partial charge in [-0.2, -0.15) is 0 Å². The molecule has 1 aromatic carbocycles. The maximum absolute atomic E-state index is 14.3. The monoisotopic (exact) mass is 781 g/mol. The van der Waals surface area contributed by atoms with E-state index in [9.17, 15) is 24.0 Å². The van der Waals surface area contributed by atoms with Crippen LogP contribution in [-0.2, 0) is 40.0 Å². The van der Waals surface area contributed by atoms with Crippen molar-refractivity contribution >= 4 is 29.3 Å². The van der Waals surface area contributed by atoms with Gasteiger partial charge in [0.25, 0.3) is 0 Å². The Morgan fingerprint density at radius 1 is 0.911 bits per heavy atom. The molecule has 3 amide bonds. The first kappa shape index (κ1) is 48.6. The zero-order valence-electron chi connectivity index (χ0n) is 36.6. The number of amides is 3. The van der Waals surface area contributed by atoms with Crippen LogP contribution in [0, 0.1) is 54.8 Å². The molecule has 0 aromatic heterocycles. The number of likely N-dealkylation sites (N-methyl/N-ethyl adjacent to an activating group) is 2. The molecule has 11 nitrogen and oxygen atoms in total. The highest BCUT2D eigenvalue weighted by Gasteiger charge is 2.43. The number of benzene rings is 1. The Labute approximate surface area is 338 Å². The van der Waals surface area contributed by atoms with Gasteiger partial charge in [0, 0.05) is 59.0 Å². The van der Waals surface area contributed by atoms with Gasteiger partial charge in [-0.25, -0.2) is 0 Å². The minimum Gasteiger partial charge on any atom is -0.379 e. The van der Waals surface area contributed by atoms with Crippen molar-refractivity contribution < 1.29 is 33.4 Å². The van der Waals surface area contributed by atoms with Crippen molar-refractivity contribution in [2.24, 2.45) is 35.5 Å². The first-order chi connectivity index (χ1) is 26.3. The van der Waals surface area contributed by atoms with Gasteiger partial charge < -0.3 is 24.6 Å². The molecule has 56 heavy (non-hydrogen) atoms. The topological polar surface area (TPSA) is 126 Å². The second kappa shape index (κ2) is 23.0. The normalized spacial score (nSPS) is 18.8. The highest BCUT2D eigenvalue weighted by atomic mass is 16.5. The van der Waals surface area contributed by atoms with E-state index in [0.29, 0.717) is 19.5 Å². The van der Waals surface area contributed by atoms with Gasteiger partial charge in [0.15, 0.2) is 5.78 Å². The van der Waals surface area contributed by atoms with Crippen molar-refractivity contribution in [2.75, 3.05) is 41.9 Å². The van der Waals surface area contributed by atoms with Gasteiger partial charge in [-0.1, -0.05) is 90.6 Å². The van der Waals surface area contributed by atoms with Gasteiger partial charge in [0.05, 0.1) is 36.8 Å². The summed E-state index contributed by atoms with van der Waals surface area (Å²) in [6.45, 7) is 16.6. The van der Waals surface area contributed by atoms with Crippen LogP contribution in [0.2, 0.25) is 0 Å². The number of nitrogens with zero attached hydrogens (tertiary/aromatic N) is 3. The van der Waals surface area contributed by atoms with Crippen LogP contribution in [0.4, 0.5) is 0 Å². The third-order valence-electron chi connectivity index (χ3n) is 11.9. The van der Waals surface area contributed by atoms with Crippen LogP contribution in [0.1, 0.15) is 98.1 Å². The van der Waals surface area contributed by atoms with E-state index in [-0.39, 0.29) is 78.4 Å². The molecule has 1 aliphatic rings. The number of carbonyl (C=O) groups excluding carboxylic acids is 5. The zero-order chi connectivity index (χ0) is 42.4. The zero-order valence-corrected chi connectivity index (χ0v) is 36.6. The standard InChI is InChI=1S/C45H72N4O7/c1-15-31(8)42(48(12)45(54)35(28(3)4)25-38(51)41(29(5)6)47(10)11)39(55-13)26-40(52)49-23-17-18-36(49)43(56-14)32(9)37(50)24-34(16-2)44(53)46-27-33-21-19-30(7)20-22-33/h2,19-22,28-29,31-32,34-36,39,41-43H,15,17-18,23-27H2,1,3-14H3,(H,46,53)/t31-,32-,34+,35-,36-,39+,41-,42-,43+/m0/s1. The average molecular weight is 781 g/mol. The predicted octanol–water partition coefficient (Wildman–Crippen LogP) is 5.56. The van der Waals surface area contributed by atoms with Crippen molar-refractivity contribution in [1.82, 2.24) is 20.0 Å². The second-order valence-electron chi connectivity index (χ2n) is 16.9. The summed E-state index contributed by atoms with van der Waals surface area (Å²) in [6, 6.07) is 6.72. The molecule has 314 valence electrons. The van der Waals surface area contributed by atoms with Crippen LogP contribution in [-0.4, -0.2) is 116 Å². The first-order valence-corrected chi connectivity index (χ1v) is 20.5. The number of ether oxygens (including phenoxy) is 2. The molecule has 9 atom stereocenters. The fourth-order valence-electron chi connectivity index (χ4n) is 8.44. The summed E-state index contributed by atoms with van der Waals surface area (Å²) in [5.41, 5.74) is 2.05. The van der Waals surface area contributed by atoms with Gasteiger partial charge in [0.2, 0.25) is 17.7 Å². The van der Waals surface area contributed by atoms with Gasteiger partial charge >= 0.3 is 0 Å². The SMILES string of the molecule is C#C[C@H](CC(=O)[C@H](C)[C@@H](OC)[C@@H]1CCCN1C(=O)C[C@@H](OC)[C@H]([C@@H](C)CC)N(C)C(=O)[C@@H](CC(=O)[C@H](C(C)C)N(C)C)C(C)C)C(=O)NCc1ccc(C)cc1. The van der Waals surface area contributed by atoms with Crippen molar-refractivity contribution in [3.8, 4) is 12.3 Å². The summed E-state index contributed by atoms with van der Waals surface area (Å²) in [4.78, 5) is 74.2. The summed E-state index contributed by atoms with van der Waals surface area (Å²) in [5, 5.41) is 2.85. The lowest BCUT2D eigenvalue weighted by molar-refractivity contribution is -0.149. The highest BCUT2D eigenvalue weighted by molar-refractivity contribution is 5.91. The quantitative estimate of drug-likeness (QED) is 0.143. The van der Waals surface area contributed by atoms with Crippen LogP contribution < -0.4 is 5.32 Å². The summed E-state index contributed by atoms with van der Waals surface area (Å²) < 4.78 is 12.0. The van der Waals surface area contributed by atoms with E-state index >= 15 is 0 Å². The second-order valence-corrected chi connectivity index (χ2v) is 16.9. The average Bonchev–Trinajstić information content (AvgIpc) is 3.64. The number of aryl methyl sites for hydroxylation is 1. The molecule has 0 aliphatic carbocycles. The minimum absolute atomic E-state index is 0.00710. The van der Waals surface area contributed by atoms with E-state index < -0.39 is 36.0 Å². The maximum Gasteiger partial charge on any atom is 0.235 e. The number of ketones is 2. The number of carbonyl (C=O) groups is 5. The minimum atomic E-state index is -0.938. The Kier molecular flexibility index (Phi) is 19.9. The molecule has 1 aromatic rings. The smallest absolute Gasteiger partial charge is 0.235 e. The summed E-state index contributed by atoms with van der Waals surface area (Å²) in [7, 11) is 8.65. The molecular weight excluding hydrogens is 709 g/mol. The van der Waals surface area contributed by atoms with Crippen LogP contribution in [0.15, 0.2) is 24.3 Å². The number of hydrogen-bond donors (Lipinski definition) is 1. The molecule has 1 fully saturated rings. The first-order valence-electron chi connectivity index (χ1n) is 20.5. The molecule has 0 radical (unpaired) electrons. The Morgan fingerprint density at radius 3 is 2.04 bits per heavy atom. The fraction of sp³-hybridized carbons (Fsp3) is 0.711. The summed E-state index contributed by atoms with van der Waals surface area (Å²) >= 11 is 0.